The molecule has 1 fully saturated rings. The number of hydrogen-bond acceptors (Lipinski definition) is 3. The average molecular weight is 394 g/mol. The van der Waals surface area contributed by atoms with Crippen LogP contribution in [0.3, 0.4) is 0 Å². The van der Waals surface area contributed by atoms with E-state index in [-0.39, 0.29) is 5.91 Å². The average Bonchev–Trinajstić information content (AvgIpc) is 2.78. The number of hydrogen-bond donors (Lipinski definition) is 2. The van der Waals surface area contributed by atoms with Crippen molar-refractivity contribution in [1.29, 1.82) is 0 Å². The normalized spacial score (nSPS) is 15.2. The Labute approximate surface area is 173 Å². The van der Waals surface area contributed by atoms with Crippen molar-refractivity contribution in [1.82, 2.24) is 20.4 Å². The zero-order valence-electron chi connectivity index (χ0n) is 17.4. The van der Waals surface area contributed by atoms with Crippen LogP contribution in [0, 0.1) is 0 Å². The number of amides is 1. The monoisotopic (exact) mass is 393 g/mol. The van der Waals surface area contributed by atoms with Gasteiger partial charge in [0.1, 0.15) is 0 Å². The molecule has 0 saturated carbocycles. The first-order valence-electron chi connectivity index (χ1n) is 10.3. The SMILES string of the molecule is CCNC(=NCc1ccc(C(=O)NC)cc1)N1CCN(Cc2ccccc2)CC1. The number of nitrogens with zero attached hydrogens (tertiary/aromatic N) is 3. The van der Waals surface area contributed by atoms with Crippen LogP contribution in [0.1, 0.15) is 28.4 Å². The maximum atomic E-state index is 11.7. The molecule has 3 rings (SSSR count). The Bertz CT molecular complexity index is 796. The number of nitrogens with one attached hydrogen (secondary N) is 2. The summed E-state index contributed by atoms with van der Waals surface area (Å²) in [4.78, 5) is 21.3. The molecule has 0 unspecified atom stereocenters. The predicted octanol–water partition coefficient (Wildman–Crippen LogP) is 2.33. The summed E-state index contributed by atoms with van der Waals surface area (Å²) in [5, 5.41) is 6.06. The van der Waals surface area contributed by atoms with Crippen molar-refractivity contribution in [2.45, 2.75) is 20.0 Å². The third kappa shape index (κ3) is 6.06. The lowest BCUT2D eigenvalue weighted by molar-refractivity contribution is 0.0963. The standard InChI is InChI=1S/C23H31N5O/c1-3-25-23(26-17-19-9-11-21(12-10-19)22(29)24-2)28-15-13-27(14-16-28)18-20-7-5-4-6-8-20/h4-12H,3,13-18H2,1-2H3,(H,24,29)(H,25,26). The first-order valence-corrected chi connectivity index (χ1v) is 10.3. The van der Waals surface area contributed by atoms with Crippen molar-refractivity contribution in [2.75, 3.05) is 39.8 Å². The molecule has 1 heterocycles. The van der Waals surface area contributed by atoms with Crippen molar-refractivity contribution in [3.8, 4) is 0 Å². The topological polar surface area (TPSA) is 60.0 Å². The van der Waals surface area contributed by atoms with Gasteiger partial charge in [-0.05, 0) is 30.2 Å². The molecule has 0 spiro atoms. The maximum absolute atomic E-state index is 11.7. The lowest BCUT2D eigenvalue weighted by Gasteiger charge is -2.36. The highest BCUT2D eigenvalue weighted by molar-refractivity contribution is 5.93. The van der Waals surface area contributed by atoms with Gasteiger partial charge in [-0.2, -0.15) is 0 Å². The van der Waals surface area contributed by atoms with Gasteiger partial charge in [0.2, 0.25) is 0 Å². The Kier molecular flexibility index (Phi) is 7.64. The minimum atomic E-state index is -0.0678. The molecule has 6 heteroatoms. The van der Waals surface area contributed by atoms with Crippen LogP contribution in [0.5, 0.6) is 0 Å². The number of aliphatic imine (C=N–C) groups is 1. The molecule has 2 N–H and O–H groups in total. The summed E-state index contributed by atoms with van der Waals surface area (Å²) < 4.78 is 0. The Hall–Kier alpha value is -2.86. The molecule has 0 atom stereocenters. The summed E-state index contributed by atoms with van der Waals surface area (Å²) in [7, 11) is 1.64. The second-order valence-corrected chi connectivity index (χ2v) is 7.20. The molecule has 2 aromatic rings. The first-order chi connectivity index (χ1) is 14.2. The largest absolute Gasteiger partial charge is 0.357 e. The van der Waals surface area contributed by atoms with Gasteiger partial charge in [0.25, 0.3) is 5.91 Å². The summed E-state index contributed by atoms with van der Waals surface area (Å²) in [6.07, 6.45) is 0. The molecule has 2 aromatic carbocycles. The van der Waals surface area contributed by atoms with Crippen LogP contribution in [-0.2, 0) is 13.1 Å². The van der Waals surface area contributed by atoms with Gasteiger partial charge >= 0.3 is 0 Å². The van der Waals surface area contributed by atoms with E-state index >= 15 is 0 Å². The quantitative estimate of drug-likeness (QED) is 0.584. The van der Waals surface area contributed by atoms with E-state index in [1.54, 1.807) is 7.05 Å². The van der Waals surface area contributed by atoms with Crippen molar-refractivity contribution in [3.05, 3.63) is 71.3 Å². The van der Waals surface area contributed by atoms with Crippen molar-refractivity contribution in [3.63, 3.8) is 0 Å². The van der Waals surface area contributed by atoms with Gasteiger partial charge in [0.15, 0.2) is 5.96 Å². The molecule has 0 radical (unpaired) electrons. The molecule has 1 saturated heterocycles. The Morgan fingerprint density at radius 3 is 2.28 bits per heavy atom. The van der Waals surface area contributed by atoms with Crippen LogP contribution in [-0.4, -0.2) is 61.4 Å². The van der Waals surface area contributed by atoms with E-state index in [1.807, 2.05) is 24.3 Å². The van der Waals surface area contributed by atoms with Gasteiger partial charge < -0.3 is 15.5 Å². The van der Waals surface area contributed by atoms with E-state index in [1.165, 1.54) is 5.56 Å². The number of guanidine groups is 1. The highest BCUT2D eigenvalue weighted by Crippen LogP contribution is 2.10. The van der Waals surface area contributed by atoms with Gasteiger partial charge in [-0.25, -0.2) is 4.99 Å². The van der Waals surface area contributed by atoms with E-state index in [0.29, 0.717) is 12.1 Å². The number of benzene rings is 2. The minimum absolute atomic E-state index is 0.0678. The Morgan fingerprint density at radius 2 is 1.66 bits per heavy atom. The molecular weight excluding hydrogens is 362 g/mol. The van der Waals surface area contributed by atoms with Crippen LogP contribution in [0.2, 0.25) is 0 Å². The maximum Gasteiger partial charge on any atom is 0.251 e. The molecular formula is C23H31N5O. The summed E-state index contributed by atoms with van der Waals surface area (Å²) in [5.74, 6) is 0.893. The number of rotatable bonds is 6. The van der Waals surface area contributed by atoms with Gasteiger partial charge in [-0.3, -0.25) is 9.69 Å². The molecule has 154 valence electrons. The third-order valence-corrected chi connectivity index (χ3v) is 5.11. The van der Waals surface area contributed by atoms with E-state index in [4.69, 9.17) is 4.99 Å². The first kappa shape index (κ1) is 20.9. The van der Waals surface area contributed by atoms with Crippen LogP contribution in [0.25, 0.3) is 0 Å². The number of piperazine rings is 1. The zero-order chi connectivity index (χ0) is 20.5. The molecule has 1 aliphatic heterocycles. The summed E-state index contributed by atoms with van der Waals surface area (Å²) in [5.41, 5.74) is 3.12. The molecule has 1 amide bonds. The van der Waals surface area contributed by atoms with Crippen LogP contribution in [0.4, 0.5) is 0 Å². The van der Waals surface area contributed by atoms with E-state index in [0.717, 1.165) is 50.8 Å². The second-order valence-electron chi connectivity index (χ2n) is 7.20. The van der Waals surface area contributed by atoms with Crippen molar-refractivity contribution < 1.29 is 4.79 Å². The lowest BCUT2D eigenvalue weighted by atomic mass is 10.1. The molecule has 0 aromatic heterocycles. The summed E-state index contributed by atoms with van der Waals surface area (Å²) in [6.45, 7) is 8.53. The minimum Gasteiger partial charge on any atom is -0.357 e. The molecule has 6 nitrogen and oxygen atoms in total. The molecule has 0 aliphatic carbocycles. The fourth-order valence-electron chi connectivity index (χ4n) is 3.46. The van der Waals surface area contributed by atoms with Gasteiger partial charge in [0.05, 0.1) is 6.54 Å². The van der Waals surface area contributed by atoms with Crippen LogP contribution < -0.4 is 10.6 Å². The number of carbonyl (C=O) groups is 1. The van der Waals surface area contributed by atoms with E-state index in [9.17, 15) is 4.79 Å². The lowest BCUT2D eigenvalue weighted by Crippen LogP contribution is -2.52. The van der Waals surface area contributed by atoms with Crippen molar-refractivity contribution >= 4 is 11.9 Å². The van der Waals surface area contributed by atoms with Crippen molar-refractivity contribution in [2.24, 2.45) is 4.99 Å². The van der Waals surface area contributed by atoms with E-state index < -0.39 is 0 Å². The fourth-order valence-corrected chi connectivity index (χ4v) is 3.46. The molecule has 29 heavy (non-hydrogen) atoms. The third-order valence-electron chi connectivity index (χ3n) is 5.11. The van der Waals surface area contributed by atoms with Gasteiger partial charge in [-0.15, -0.1) is 0 Å². The predicted molar refractivity (Wildman–Crippen MR) is 118 cm³/mol. The summed E-state index contributed by atoms with van der Waals surface area (Å²) in [6, 6.07) is 18.3. The Morgan fingerprint density at radius 1 is 0.966 bits per heavy atom. The second kappa shape index (κ2) is 10.6. The zero-order valence-corrected chi connectivity index (χ0v) is 17.4. The van der Waals surface area contributed by atoms with Gasteiger partial charge in [-0.1, -0.05) is 42.5 Å². The Balaban J connectivity index is 1.56. The van der Waals surface area contributed by atoms with Gasteiger partial charge in [0, 0.05) is 51.9 Å². The number of carbonyl (C=O) groups excluding carboxylic acids is 1. The smallest absolute Gasteiger partial charge is 0.251 e. The highest BCUT2D eigenvalue weighted by atomic mass is 16.1. The highest BCUT2D eigenvalue weighted by Gasteiger charge is 2.19. The summed E-state index contributed by atoms with van der Waals surface area (Å²) >= 11 is 0. The fraction of sp³-hybridized carbons (Fsp3) is 0.391. The molecule has 1 aliphatic rings. The van der Waals surface area contributed by atoms with Crippen LogP contribution in [0.15, 0.2) is 59.6 Å². The van der Waals surface area contributed by atoms with E-state index in [2.05, 4.69) is 57.7 Å². The molecule has 0 bridgehead atoms. The van der Waals surface area contributed by atoms with Crippen LogP contribution >= 0.6 is 0 Å².